The number of carbonyl (C=O) groups is 3. The Bertz CT molecular complexity index is 1360. The fourth-order valence-electron chi connectivity index (χ4n) is 3.72. The molecule has 1 N–H and O–H groups in total. The summed E-state index contributed by atoms with van der Waals surface area (Å²) in [4.78, 5) is 35.8. The highest BCUT2D eigenvalue weighted by atomic mass is 32.2. The minimum atomic E-state index is -0.367. The zero-order valence-corrected chi connectivity index (χ0v) is 22.4. The Labute approximate surface area is 231 Å². The lowest BCUT2D eigenvalue weighted by Gasteiger charge is -2.08. The molecule has 0 aromatic heterocycles. The summed E-state index contributed by atoms with van der Waals surface area (Å²) in [6.07, 6.45) is 7.70. The third-order valence-electron chi connectivity index (χ3n) is 5.81. The van der Waals surface area contributed by atoms with Gasteiger partial charge in [0.2, 0.25) is 0 Å². The first-order chi connectivity index (χ1) is 19.0. The number of carbonyl (C=O) groups excluding carboxylic acids is 3. The first kappa shape index (κ1) is 27.7. The quantitative estimate of drug-likeness (QED) is 0.149. The molecule has 4 rings (SSSR count). The van der Waals surface area contributed by atoms with Crippen molar-refractivity contribution in [1.82, 2.24) is 5.32 Å². The van der Waals surface area contributed by atoms with Gasteiger partial charge in [0.05, 0.1) is 25.2 Å². The molecule has 200 valence electrons. The van der Waals surface area contributed by atoms with Crippen LogP contribution in [-0.2, 0) is 4.79 Å². The van der Waals surface area contributed by atoms with E-state index < -0.39 is 0 Å². The number of hydrogen-bond donors (Lipinski definition) is 1. The molecular formula is C31H29NO6S. The van der Waals surface area contributed by atoms with Crippen LogP contribution in [0.4, 0.5) is 4.79 Å². The first-order valence-corrected chi connectivity index (χ1v) is 13.4. The molecule has 2 amide bonds. The van der Waals surface area contributed by atoms with Crippen LogP contribution >= 0.6 is 11.8 Å². The van der Waals surface area contributed by atoms with Crippen LogP contribution in [0.5, 0.6) is 17.2 Å². The molecule has 0 radical (unpaired) electrons. The number of ketones is 1. The Hall–Kier alpha value is -4.30. The van der Waals surface area contributed by atoms with Crippen LogP contribution in [0.2, 0.25) is 0 Å². The van der Waals surface area contributed by atoms with Gasteiger partial charge < -0.3 is 14.2 Å². The van der Waals surface area contributed by atoms with E-state index in [1.54, 1.807) is 37.5 Å². The summed E-state index contributed by atoms with van der Waals surface area (Å²) in [6, 6.07) is 22.1. The number of ether oxygens (including phenoxy) is 3. The molecule has 7 nitrogen and oxygen atoms in total. The number of amides is 2. The smallest absolute Gasteiger partial charge is 0.290 e. The fraction of sp³-hybridized carbons (Fsp3) is 0.194. The summed E-state index contributed by atoms with van der Waals surface area (Å²) >= 11 is 0.897. The third-order valence-corrected chi connectivity index (χ3v) is 6.62. The Morgan fingerprint density at radius 3 is 2.15 bits per heavy atom. The molecule has 1 saturated heterocycles. The van der Waals surface area contributed by atoms with E-state index in [2.05, 4.69) is 5.32 Å². The van der Waals surface area contributed by atoms with Crippen molar-refractivity contribution in [2.45, 2.75) is 19.3 Å². The number of benzene rings is 3. The highest BCUT2D eigenvalue weighted by Gasteiger charge is 2.24. The Morgan fingerprint density at radius 1 is 0.821 bits per heavy atom. The van der Waals surface area contributed by atoms with Crippen LogP contribution in [-0.4, -0.2) is 37.3 Å². The van der Waals surface area contributed by atoms with Crippen molar-refractivity contribution < 1.29 is 28.6 Å². The van der Waals surface area contributed by atoms with Crippen LogP contribution in [0.3, 0.4) is 0 Å². The number of rotatable bonds is 13. The molecule has 1 fully saturated rings. The van der Waals surface area contributed by atoms with Crippen molar-refractivity contribution >= 4 is 40.8 Å². The third kappa shape index (κ3) is 8.61. The summed E-state index contributed by atoms with van der Waals surface area (Å²) in [6.45, 7) is 1.13. The molecule has 0 aliphatic carbocycles. The summed E-state index contributed by atoms with van der Waals surface area (Å²) < 4.78 is 16.8. The van der Waals surface area contributed by atoms with E-state index >= 15 is 0 Å². The van der Waals surface area contributed by atoms with E-state index in [-0.39, 0.29) is 16.9 Å². The summed E-state index contributed by atoms with van der Waals surface area (Å²) in [5, 5.41) is 1.89. The van der Waals surface area contributed by atoms with Gasteiger partial charge in [0.15, 0.2) is 5.78 Å². The van der Waals surface area contributed by atoms with Crippen molar-refractivity contribution in [3.05, 3.63) is 100 Å². The number of allylic oxidation sites excluding steroid dienone is 1. The molecule has 3 aromatic carbocycles. The second-order valence-corrected chi connectivity index (χ2v) is 9.69. The van der Waals surface area contributed by atoms with Gasteiger partial charge in [-0.2, -0.15) is 0 Å². The average Bonchev–Trinajstić information content (AvgIpc) is 3.28. The van der Waals surface area contributed by atoms with Crippen molar-refractivity contribution in [1.29, 1.82) is 0 Å². The van der Waals surface area contributed by atoms with Crippen molar-refractivity contribution in [3.8, 4) is 17.2 Å². The SMILES string of the molecule is COc1ccc(C=CC(=O)c2cccc(OCCCCCOc3ccc(C=C4SC(=O)NC4=O)cc3)c2)cc1. The maximum absolute atomic E-state index is 12.6. The molecule has 1 heterocycles. The van der Waals surface area contributed by atoms with E-state index in [1.165, 1.54) is 0 Å². The van der Waals surface area contributed by atoms with Gasteiger partial charge in [-0.05, 0) is 90.7 Å². The monoisotopic (exact) mass is 543 g/mol. The van der Waals surface area contributed by atoms with Gasteiger partial charge in [0, 0.05) is 5.56 Å². The number of unbranched alkanes of at least 4 members (excludes halogenated alkanes) is 2. The predicted molar refractivity (Wildman–Crippen MR) is 153 cm³/mol. The molecule has 0 unspecified atom stereocenters. The zero-order valence-electron chi connectivity index (χ0n) is 21.6. The van der Waals surface area contributed by atoms with Gasteiger partial charge in [-0.15, -0.1) is 0 Å². The molecule has 0 saturated carbocycles. The van der Waals surface area contributed by atoms with Gasteiger partial charge in [-0.1, -0.05) is 42.5 Å². The number of nitrogens with one attached hydrogen (secondary N) is 1. The molecule has 39 heavy (non-hydrogen) atoms. The lowest BCUT2D eigenvalue weighted by molar-refractivity contribution is -0.115. The molecule has 0 bridgehead atoms. The predicted octanol–water partition coefficient (Wildman–Crippen LogP) is 6.54. The van der Waals surface area contributed by atoms with Crippen LogP contribution in [0.25, 0.3) is 12.2 Å². The Morgan fingerprint density at radius 2 is 1.49 bits per heavy atom. The van der Waals surface area contributed by atoms with Gasteiger partial charge in [-0.25, -0.2) is 0 Å². The first-order valence-electron chi connectivity index (χ1n) is 12.6. The zero-order chi connectivity index (χ0) is 27.5. The highest BCUT2D eigenvalue weighted by Crippen LogP contribution is 2.26. The molecule has 3 aromatic rings. The molecule has 1 aliphatic heterocycles. The lowest BCUT2D eigenvalue weighted by Crippen LogP contribution is -2.17. The van der Waals surface area contributed by atoms with E-state index in [4.69, 9.17) is 14.2 Å². The molecule has 8 heteroatoms. The van der Waals surface area contributed by atoms with Crippen molar-refractivity contribution in [2.24, 2.45) is 0 Å². The van der Waals surface area contributed by atoms with Gasteiger partial charge in [-0.3, -0.25) is 19.7 Å². The van der Waals surface area contributed by atoms with Crippen molar-refractivity contribution in [2.75, 3.05) is 20.3 Å². The maximum atomic E-state index is 12.6. The number of thioether (sulfide) groups is 1. The number of hydrogen-bond acceptors (Lipinski definition) is 7. The second-order valence-electron chi connectivity index (χ2n) is 8.68. The van der Waals surface area contributed by atoms with E-state index in [1.807, 2.05) is 60.7 Å². The van der Waals surface area contributed by atoms with Gasteiger partial charge in [0.1, 0.15) is 17.2 Å². The van der Waals surface area contributed by atoms with Crippen LogP contribution in [0.15, 0.2) is 83.8 Å². The van der Waals surface area contributed by atoms with Crippen LogP contribution in [0, 0.1) is 0 Å². The molecular weight excluding hydrogens is 514 g/mol. The van der Waals surface area contributed by atoms with Gasteiger partial charge in [0.25, 0.3) is 11.1 Å². The van der Waals surface area contributed by atoms with E-state index in [9.17, 15) is 14.4 Å². The Balaban J connectivity index is 1.13. The summed E-state index contributed by atoms with van der Waals surface area (Å²) in [7, 11) is 1.62. The largest absolute Gasteiger partial charge is 0.497 e. The Kier molecular flexibility index (Phi) is 9.97. The average molecular weight is 544 g/mol. The number of imide groups is 1. The summed E-state index contributed by atoms with van der Waals surface area (Å²) in [5.41, 5.74) is 2.32. The van der Waals surface area contributed by atoms with Crippen LogP contribution < -0.4 is 19.5 Å². The number of methoxy groups -OCH3 is 1. The van der Waals surface area contributed by atoms with E-state index in [0.29, 0.717) is 29.4 Å². The molecule has 0 spiro atoms. The maximum Gasteiger partial charge on any atom is 0.290 e. The lowest BCUT2D eigenvalue weighted by atomic mass is 10.1. The normalized spacial score (nSPS) is 14.0. The highest BCUT2D eigenvalue weighted by molar-refractivity contribution is 8.18. The fourth-order valence-corrected chi connectivity index (χ4v) is 4.40. The van der Waals surface area contributed by atoms with E-state index in [0.717, 1.165) is 53.7 Å². The van der Waals surface area contributed by atoms with Crippen molar-refractivity contribution in [3.63, 3.8) is 0 Å². The molecule has 1 aliphatic rings. The minimum Gasteiger partial charge on any atom is -0.497 e. The minimum absolute atomic E-state index is 0.0869. The second kappa shape index (κ2) is 14.0. The summed E-state index contributed by atoms with van der Waals surface area (Å²) in [5.74, 6) is 1.73. The standard InChI is InChI=1S/C31H29NO6S/c1-36-25-13-8-22(9-14-25)12-17-28(33)24-6-5-7-27(21-24)38-19-4-2-3-18-37-26-15-10-23(11-16-26)20-29-30(34)32-31(35)39-29/h5-17,20-21H,2-4,18-19H2,1H3,(H,32,34,35). The van der Waals surface area contributed by atoms with Gasteiger partial charge >= 0.3 is 0 Å². The topological polar surface area (TPSA) is 90.9 Å². The van der Waals surface area contributed by atoms with Crippen LogP contribution in [0.1, 0.15) is 40.7 Å². The molecule has 0 atom stereocenters.